The minimum atomic E-state index is -0.964. The van der Waals surface area contributed by atoms with Crippen LogP contribution in [0.15, 0.2) is 12.3 Å². The topological polar surface area (TPSA) is 78.9 Å². The fraction of sp³-hybridized carbons (Fsp3) is 0.533. The zero-order valence-electron chi connectivity index (χ0n) is 11.8. The van der Waals surface area contributed by atoms with Crippen molar-refractivity contribution in [3.05, 3.63) is 23.7 Å². The van der Waals surface area contributed by atoms with E-state index < -0.39 is 5.97 Å². The summed E-state index contributed by atoms with van der Waals surface area (Å²) >= 11 is 0. The van der Waals surface area contributed by atoms with E-state index in [0.29, 0.717) is 17.1 Å². The van der Waals surface area contributed by atoms with Gasteiger partial charge < -0.3 is 10.1 Å². The van der Waals surface area contributed by atoms with Crippen LogP contribution in [-0.2, 0) is 0 Å². The first kappa shape index (κ1) is 13.1. The number of H-pyrrole nitrogens is 1. The molecule has 0 spiro atoms. The number of aromatic carboxylic acids is 1. The van der Waals surface area contributed by atoms with Crippen molar-refractivity contribution < 1.29 is 9.90 Å². The van der Waals surface area contributed by atoms with Crippen molar-refractivity contribution in [2.24, 2.45) is 5.41 Å². The Morgan fingerprint density at radius 3 is 2.95 bits per heavy atom. The molecule has 1 aliphatic rings. The molecule has 1 unspecified atom stereocenters. The third-order valence-electron chi connectivity index (χ3n) is 4.44. The lowest BCUT2D eigenvalue weighted by Crippen LogP contribution is -2.26. The van der Waals surface area contributed by atoms with Crippen LogP contribution >= 0.6 is 0 Å². The first-order valence-corrected chi connectivity index (χ1v) is 7.06. The number of imidazole rings is 1. The third kappa shape index (κ3) is 2.17. The van der Waals surface area contributed by atoms with E-state index in [0.717, 1.165) is 12.2 Å². The summed E-state index contributed by atoms with van der Waals surface area (Å²) in [6.45, 7) is 4.56. The minimum Gasteiger partial charge on any atom is -0.478 e. The Morgan fingerprint density at radius 2 is 2.25 bits per heavy atom. The van der Waals surface area contributed by atoms with Crippen molar-refractivity contribution in [1.82, 2.24) is 15.0 Å². The Balaban J connectivity index is 2.02. The number of aromatic nitrogens is 3. The first-order valence-electron chi connectivity index (χ1n) is 7.06. The summed E-state index contributed by atoms with van der Waals surface area (Å²) in [5.74, 6) is 0.368. The second kappa shape index (κ2) is 4.58. The number of pyridine rings is 1. The summed E-state index contributed by atoms with van der Waals surface area (Å²) < 4.78 is 0. The summed E-state index contributed by atoms with van der Waals surface area (Å²) in [6, 6.07) is 1.61. The highest BCUT2D eigenvalue weighted by Crippen LogP contribution is 2.45. The Bertz CT molecular complexity index is 660. The van der Waals surface area contributed by atoms with Crippen LogP contribution in [0.1, 0.15) is 61.6 Å². The molecular weight excluding hydrogens is 254 g/mol. The van der Waals surface area contributed by atoms with Crippen molar-refractivity contribution in [3.63, 3.8) is 0 Å². The van der Waals surface area contributed by atoms with Gasteiger partial charge in [-0.15, -0.1) is 0 Å². The number of aromatic amines is 1. The fourth-order valence-corrected chi connectivity index (χ4v) is 3.20. The molecule has 5 nitrogen and oxygen atoms in total. The second-order valence-electron chi connectivity index (χ2n) is 6.31. The van der Waals surface area contributed by atoms with E-state index in [4.69, 9.17) is 5.11 Å². The zero-order valence-corrected chi connectivity index (χ0v) is 11.8. The number of rotatable bonds is 2. The molecule has 1 atom stereocenters. The molecule has 3 rings (SSSR count). The number of hydrogen-bond acceptors (Lipinski definition) is 3. The van der Waals surface area contributed by atoms with Gasteiger partial charge in [0, 0.05) is 12.1 Å². The average Bonchev–Trinajstić information content (AvgIpc) is 2.80. The molecule has 20 heavy (non-hydrogen) atoms. The summed E-state index contributed by atoms with van der Waals surface area (Å²) in [7, 11) is 0. The van der Waals surface area contributed by atoms with Gasteiger partial charge in [-0.05, 0) is 24.3 Å². The largest absolute Gasteiger partial charge is 0.478 e. The molecule has 5 heteroatoms. The van der Waals surface area contributed by atoms with Gasteiger partial charge in [0.2, 0.25) is 0 Å². The Kier molecular flexibility index (Phi) is 3.00. The molecule has 1 fully saturated rings. The van der Waals surface area contributed by atoms with E-state index >= 15 is 0 Å². The predicted molar refractivity (Wildman–Crippen MR) is 75.8 cm³/mol. The maximum absolute atomic E-state index is 11.0. The molecule has 0 amide bonds. The lowest BCUT2D eigenvalue weighted by molar-refractivity contribution is 0.0696. The van der Waals surface area contributed by atoms with Crippen LogP contribution in [-0.4, -0.2) is 26.0 Å². The normalized spacial score (nSPS) is 22.0. The van der Waals surface area contributed by atoms with E-state index in [9.17, 15) is 4.79 Å². The monoisotopic (exact) mass is 273 g/mol. The number of carboxylic acid groups (broad SMARTS) is 1. The Labute approximate surface area is 117 Å². The molecule has 2 aromatic heterocycles. The maximum Gasteiger partial charge on any atom is 0.337 e. The lowest BCUT2D eigenvalue weighted by atomic mass is 9.68. The van der Waals surface area contributed by atoms with Gasteiger partial charge in [0.05, 0.1) is 11.1 Å². The number of nitrogens with zero attached hydrogens (tertiary/aromatic N) is 2. The summed E-state index contributed by atoms with van der Waals surface area (Å²) in [4.78, 5) is 23.0. The summed E-state index contributed by atoms with van der Waals surface area (Å²) in [6.07, 6.45) is 6.17. The molecule has 0 aliphatic heterocycles. The van der Waals surface area contributed by atoms with Crippen LogP contribution in [0.4, 0.5) is 0 Å². The molecule has 0 radical (unpaired) electrons. The molecule has 0 saturated heterocycles. The van der Waals surface area contributed by atoms with Crippen molar-refractivity contribution >= 4 is 17.1 Å². The van der Waals surface area contributed by atoms with Gasteiger partial charge in [0.15, 0.2) is 5.65 Å². The van der Waals surface area contributed by atoms with Crippen molar-refractivity contribution in [2.75, 3.05) is 0 Å². The van der Waals surface area contributed by atoms with E-state index in [1.54, 1.807) is 6.07 Å². The molecule has 2 N–H and O–H groups in total. The fourth-order valence-electron chi connectivity index (χ4n) is 3.20. The van der Waals surface area contributed by atoms with E-state index in [1.807, 2.05) is 0 Å². The van der Waals surface area contributed by atoms with Crippen LogP contribution < -0.4 is 0 Å². The summed E-state index contributed by atoms with van der Waals surface area (Å²) in [5, 5.41) is 9.01. The van der Waals surface area contributed by atoms with Gasteiger partial charge in [0.1, 0.15) is 5.82 Å². The van der Waals surface area contributed by atoms with Gasteiger partial charge in [-0.25, -0.2) is 14.8 Å². The van der Waals surface area contributed by atoms with E-state index in [-0.39, 0.29) is 11.0 Å². The predicted octanol–water partition coefficient (Wildman–Crippen LogP) is 3.34. The number of nitrogens with one attached hydrogen (secondary N) is 1. The molecule has 1 aliphatic carbocycles. The van der Waals surface area contributed by atoms with Crippen molar-refractivity contribution in [1.29, 1.82) is 0 Å². The van der Waals surface area contributed by atoms with Crippen molar-refractivity contribution in [2.45, 2.75) is 45.4 Å². The van der Waals surface area contributed by atoms with Gasteiger partial charge in [-0.3, -0.25) is 0 Å². The molecule has 1 saturated carbocycles. The number of carbonyl (C=O) groups is 1. The van der Waals surface area contributed by atoms with Crippen LogP contribution in [0.5, 0.6) is 0 Å². The Morgan fingerprint density at radius 1 is 1.45 bits per heavy atom. The van der Waals surface area contributed by atoms with Crippen LogP contribution in [0.25, 0.3) is 11.2 Å². The highest BCUT2D eigenvalue weighted by Gasteiger charge is 2.35. The van der Waals surface area contributed by atoms with Crippen molar-refractivity contribution in [3.8, 4) is 0 Å². The highest BCUT2D eigenvalue weighted by atomic mass is 16.4. The average molecular weight is 273 g/mol. The molecule has 0 bridgehead atoms. The molecule has 2 aromatic rings. The van der Waals surface area contributed by atoms with E-state index in [2.05, 4.69) is 28.8 Å². The molecule has 2 heterocycles. The summed E-state index contributed by atoms with van der Waals surface area (Å²) in [5.41, 5.74) is 1.73. The van der Waals surface area contributed by atoms with Gasteiger partial charge in [-0.1, -0.05) is 26.7 Å². The quantitative estimate of drug-likeness (QED) is 0.879. The first-order chi connectivity index (χ1) is 9.47. The van der Waals surface area contributed by atoms with Gasteiger partial charge in [-0.2, -0.15) is 0 Å². The second-order valence-corrected chi connectivity index (χ2v) is 6.31. The van der Waals surface area contributed by atoms with Crippen LogP contribution in [0.2, 0.25) is 0 Å². The molecular formula is C15H19N3O2. The standard InChI is InChI=1S/C15H19N3O2/c1-15(2)6-4-3-5-10(15)12-17-11-7-9(14(19)20)8-16-13(11)18-12/h7-8,10H,3-6H2,1-2H3,(H,19,20)(H,16,17,18). The van der Waals surface area contributed by atoms with E-state index in [1.165, 1.54) is 25.5 Å². The molecule has 0 aromatic carbocycles. The SMILES string of the molecule is CC1(C)CCCCC1c1nc2ncc(C(=O)O)cc2[nH]1. The zero-order chi connectivity index (χ0) is 14.3. The van der Waals surface area contributed by atoms with Gasteiger partial charge in [0.25, 0.3) is 0 Å². The van der Waals surface area contributed by atoms with Crippen LogP contribution in [0, 0.1) is 5.41 Å². The third-order valence-corrected chi connectivity index (χ3v) is 4.44. The molecule has 106 valence electrons. The Hall–Kier alpha value is -1.91. The van der Waals surface area contributed by atoms with Gasteiger partial charge >= 0.3 is 5.97 Å². The minimum absolute atomic E-state index is 0.190. The number of fused-ring (bicyclic) bond motifs is 1. The lowest BCUT2D eigenvalue weighted by Gasteiger charge is -2.37. The smallest absolute Gasteiger partial charge is 0.337 e. The van der Waals surface area contributed by atoms with Crippen LogP contribution in [0.3, 0.4) is 0 Å². The highest BCUT2D eigenvalue weighted by molar-refractivity contribution is 5.90. The number of hydrogen-bond donors (Lipinski definition) is 2. The number of carboxylic acids is 1. The maximum atomic E-state index is 11.0.